The molecule has 0 amide bonds. The molecule has 1 saturated carbocycles. The van der Waals surface area contributed by atoms with Crippen molar-refractivity contribution in [2.45, 2.75) is 31.8 Å². The Morgan fingerprint density at radius 2 is 1.86 bits per heavy atom. The molecule has 3 atom stereocenters. The van der Waals surface area contributed by atoms with Gasteiger partial charge in [-0.25, -0.2) is 0 Å². The third-order valence-electron chi connectivity index (χ3n) is 4.99. The van der Waals surface area contributed by atoms with Gasteiger partial charge < -0.3 is 9.84 Å². The van der Waals surface area contributed by atoms with Crippen molar-refractivity contribution in [3.05, 3.63) is 71.3 Å². The number of hydrogen-bond donors (Lipinski definition) is 1. The summed E-state index contributed by atoms with van der Waals surface area (Å²) in [7, 11) is 0. The monoisotopic (exact) mass is 292 g/mol. The normalized spacial score (nSPS) is 26.2. The first-order chi connectivity index (χ1) is 10.6. The first-order valence-corrected chi connectivity index (χ1v) is 7.84. The van der Waals surface area contributed by atoms with Crippen LogP contribution in [0.3, 0.4) is 0 Å². The average molecular weight is 292 g/mol. The lowest BCUT2D eigenvalue weighted by atomic mass is 9.80. The average Bonchev–Trinajstić information content (AvgIpc) is 2.89. The van der Waals surface area contributed by atoms with Crippen molar-refractivity contribution >= 4 is 0 Å². The van der Waals surface area contributed by atoms with Gasteiger partial charge in [-0.2, -0.15) is 0 Å². The number of benzene rings is 2. The van der Waals surface area contributed by atoms with Gasteiger partial charge in [-0.1, -0.05) is 42.0 Å². The van der Waals surface area contributed by atoms with Crippen LogP contribution in [0.2, 0.25) is 0 Å². The summed E-state index contributed by atoms with van der Waals surface area (Å²) in [4.78, 5) is 0. The molecular weight excluding hydrogens is 272 g/mol. The smallest absolute Gasteiger partial charge is 0.127 e. The Hall–Kier alpha value is -2.22. The van der Waals surface area contributed by atoms with E-state index in [0.717, 1.165) is 24.2 Å². The molecule has 0 unspecified atom stereocenters. The fraction of sp³-hybridized carbons (Fsp3) is 0.300. The van der Waals surface area contributed by atoms with Gasteiger partial charge in [0.05, 0.1) is 0 Å². The van der Waals surface area contributed by atoms with Crippen molar-refractivity contribution in [1.29, 1.82) is 0 Å². The molecule has 0 spiro atoms. The SMILES string of the molecule is C=C1C[C@H]2[C@@H](C1)c1cc(O)ccc1O[C@H]2c1ccc(C)cc1. The first kappa shape index (κ1) is 13.4. The zero-order valence-electron chi connectivity index (χ0n) is 12.8. The fourth-order valence-corrected chi connectivity index (χ4v) is 3.91. The highest BCUT2D eigenvalue weighted by Gasteiger charge is 2.43. The van der Waals surface area contributed by atoms with Crippen molar-refractivity contribution in [3.8, 4) is 11.5 Å². The van der Waals surface area contributed by atoms with Gasteiger partial charge in [0.2, 0.25) is 0 Å². The molecular formula is C20H20O2. The maximum absolute atomic E-state index is 9.81. The lowest BCUT2D eigenvalue weighted by molar-refractivity contribution is 0.105. The number of hydrogen-bond acceptors (Lipinski definition) is 2. The molecule has 0 radical (unpaired) electrons. The summed E-state index contributed by atoms with van der Waals surface area (Å²) in [5.41, 5.74) is 4.91. The Morgan fingerprint density at radius 1 is 1.09 bits per heavy atom. The summed E-state index contributed by atoms with van der Waals surface area (Å²) < 4.78 is 6.32. The molecule has 1 heterocycles. The zero-order valence-corrected chi connectivity index (χ0v) is 12.8. The second-order valence-electron chi connectivity index (χ2n) is 6.60. The molecule has 1 aliphatic carbocycles. The Labute approximate surface area is 131 Å². The summed E-state index contributed by atoms with van der Waals surface area (Å²) in [5.74, 6) is 2.02. The van der Waals surface area contributed by atoms with Crippen LogP contribution in [0.4, 0.5) is 0 Å². The highest BCUT2D eigenvalue weighted by molar-refractivity contribution is 5.47. The first-order valence-electron chi connectivity index (χ1n) is 7.84. The summed E-state index contributed by atoms with van der Waals surface area (Å²) in [6, 6.07) is 14.1. The van der Waals surface area contributed by atoms with Gasteiger partial charge in [-0.3, -0.25) is 0 Å². The molecule has 22 heavy (non-hydrogen) atoms. The maximum Gasteiger partial charge on any atom is 0.127 e. The Bertz CT molecular complexity index is 730. The summed E-state index contributed by atoms with van der Waals surface area (Å²) in [6.45, 7) is 6.30. The highest BCUT2D eigenvalue weighted by atomic mass is 16.5. The van der Waals surface area contributed by atoms with E-state index in [1.807, 2.05) is 12.1 Å². The van der Waals surface area contributed by atoms with E-state index in [1.54, 1.807) is 6.07 Å². The number of ether oxygens (including phenoxy) is 1. The highest BCUT2D eigenvalue weighted by Crippen LogP contribution is 2.55. The molecule has 0 bridgehead atoms. The van der Waals surface area contributed by atoms with Crippen molar-refractivity contribution in [3.63, 3.8) is 0 Å². The molecule has 2 nitrogen and oxygen atoms in total. The van der Waals surface area contributed by atoms with Crippen LogP contribution in [-0.4, -0.2) is 5.11 Å². The summed E-state index contributed by atoms with van der Waals surface area (Å²) >= 11 is 0. The van der Waals surface area contributed by atoms with Gasteiger partial charge >= 0.3 is 0 Å². The molecule has 2 aromatic rings. The van der Waals surface area contributed by atoms with Crippen molar-refractivity contribution in [1.82, 2.24) is 0 Å². The number of aryl methyl sites for hydroxylation is 1. The quantitative estimate of drug-likeness (QED) is 0.759. The van der Waals surface area contributed by atoms with Crippen LogP contribution in [0, 0.1) is 12.8 Å². The van der Waals surface area contributed by atoms with Gasteiger partial charge in [0, 0.05) is 11.5 Å². The minimum Gasteiger partial charge on any atom is -0.508 e. The van der Waals surface area contributed by atoms with Crippen molar-refractivity contribution < 1.29 is 9.84 Å². The topological polar surface area (TPSA) is 29.5 Å². The van der Waals surface area contributed by atoms with E-state index >= 15 is 0 Å². The number of phenolic OH excluding ortho intramolecular Hbond substituents is 1. The Balaban J connectivity index is 1.79. The molecule has 0 saturated heterocycles. The largest absolute Gasteiger partial charge is 0.508 e. The van der Waals surface area contributed by atoms with E-state index in [4.69, 9.17) is 4.74 Å². The number of fused-ring (bicyclic) bond motifs is 3. The molecule has 112 valence electrons. The van der Waals surface area contributed by atoms with E-state index in [2.05, 4.69) is 37.8 Å². The Morgan fingerprint density at radius 3 is 2.64 bits per heavy atom. The standard InChI is InChI=1S/C20H20O2/c1-12-3-5-14(6-4-12)20-18-10-13(2)9-16(18)17-11-15(21)7-8-19(17)22-20/h3-8,11,16,18,20-21H,2,9-10H2,1H3/t16-,18-,20-/m0/s1. The molecule has 2 aliphatic rings. The van der Waals surface area contributed by atoms with E-state index in [0.29, 0.717) is 17.6 Å². The Kier molecular flexibility index (Phi) is 3.00. The maximum atomic E-state index is 9.81. The molecule has 1 N–H and O–H groups in total. The zero-order chi connectivity index (χ0) is 15.3. The number of phenols is 1. The summed E-state index contributed by atoms with van der Waals surface area (Å²) in [6.07, 6.45) is 2.06. The molecule has 1 fully saturated rings. The number of aromatic hydroxyl groups is 1. The van der Waals surface area contributed by atoms with Gasteiger partial charge in [0.15, 0.2) is 0 Å². The van der Waals surface area contributed by atoms with Crippen LogP contribution >= 0.6 is 0 Å². The second kappa shape index (κ2) is 4.91. The molecule has 2 heteroatoms. The van der Waals surface area contributed by atoms with Gasteiger partial charge in [-0.05, 0) is 49.4 Å². The third kappa shape index (κ3) is 2.10. The number of rotatable bonds is 1. The van der Waals surface area contributed by atoms with E-state index in [-0.39, 0.29) is 6.10 Å². The fourth-order valence-electron chi connectivity index (χ4n) is 3.91. The number of allylic oxidation sites excluding steroid dienone is 1. The van der Waals surface area contributed by atoms with E-state index < -0.39 is 0 Å². The lowest BCUT2D eigenvalue weighted by Gasteiger charge is -2.36. The van der Waals surface area contributed by atoms with Gasteiger partial charge in [-0.15, -0.1) is 0 Å². The van der Waals surface area contributed by atoms with E-state index in [9.17, 15) is 5.11 Å². The van der Waals surface area contributed by atoms with Crippen molar-refractivity contribution in [2.24, 2.45) is 5.92 Å². The predicted molar refractivity (Wildman–Crippen MR) is 87.3 cm³/mol. The second-order valence-corrected chi connectivity index (χ2v) is 6.60. The molecule has 4 rings (SSSR count). The van der Waals surface area contributed by atoms with Crippen LogP contribution in [0.25, 0.3) is 0 Å². The van der Waals surface area contributed by atoms with E-state index in [1.165, 1.54) is 16.7 Å². The van der Waals surface area contributed by atoms with Crippen LogP contribution in [0.1, 0.15) is 41.6 Å². The molecule has 0 aromatic heterocycles. The van der Waals surface area contributed by atoms with Gasteiger partial charge in [0.25, 0.3) is 0 Å². The van der Waals surface area contributed by atoms with Crippen LogP contribution < -0.4 is 4.74 Å². The molecule has 2 aromatic carbocycles. The third-order valence-corrected chi connectivity index (χ3v) is 4.99. The summed E-state index contributed by atoms with van der Waals surface area (Å²) in [5, 5.41) is 9.81. The van der Waals surface area contributed by atoms with Crippen molar-refractivity contribution in [2.75, 3.05) is 0 Å². The van der Waals surface area contributed by atoms with Gasteiger partial charge in [0.1, 0.15) is 17.6 Å². The van der Waals surface area contributed by atoms with Crippen LogP contribution in [0.5, 0.6) is 11.5 Å². The van der Waals surface area contributed by atoms with Crippen LogP contribution in [0.15, 0.2) is 54.6 Å². The lowest BCUT2D eigenvalue weighted by Crippen LogP contribution is -2.26. The van der Waals surface area contributed by atoms with Crippen LogP contribution in [-0.2, 0) is 0 Å². The predicted octanol–water partition coefficient (Wildman–Crippen LogP) is 4.88. The minimum absolute atomic E-state index is 0.0712. The minimum atomic E-state index is 0.0712. The molecule has 1 aliphatic heterocycles.